The quantitative estimate of drug-likeness (QED) is 0.167. The minimum atomic E-state index is -0.601. The summed E-state index contributed by atoms with van der Waals surface area (Å²) in [5, 5.41) is 0. The smallest absolute Gasteiger partial charge is 0.411 e. The van der Waals surface area contributed by atoms with Crippen LogP contribution < -0.4 is 0 Å². The molecule has 3 aliphatic heterocycles. The van der Waals surface area contributed by atoms with Gasteiger partial charge in [-0.05, 0) is 95.6 Å². The maximum Gasteiger partial charge on any atom is 0.411 e. The van der Waals surface area contributed by atoms with Gasteiger partial charge in [0.2, 0.25) is 0 Å². The Morgan fingerprint density at radius 3 is 1.58 bits per heavy atom. The molecule has 320 valence electrons. The number of carbonyl (C=O) groups is 3. The number of benzene rings is 2. The Morgan fingerprint density at radius 2 is 1.11 bits per heavy atom. The monoisotopic (exact) mass is 792 g/mol. The molecule has 5 atom stereocenters. The molecule has 0 bridgehead atoms. The van der Waals surface area contributed by atoms with Gasteiger partial charge in [-0.1, -0.05) is 136 Å². The van der Waals surface area contributed by atoms with E-state index in [2.05, 4.69) is 121 Å². The molecule has 2 aromatic rings. The number of hydrogen-bond acceptors (Lipinski definition) is 6. The zero-order valence-electron chi connectivity index (χ0n) is 38.0. The summed E-state index contributed by atoms with van der Waals surface area (Å²) in [7, 11) is 0. The van der Waals surface area contributed by atoms with Gasteiger partial charge in [0.15, 0.2) is 5.60 Å². The average Bonchev–Trinajstić information content (AvgIpc) is 3.88. The molecule has 0 saturated carbocycles. The first kappa shape index (κ1) is 47.6. The number of hydrogen-bond donors (Lipinski definition) is 0. The SMILES string of the molecule is CCC(C)(CC)N1C(=O)OCC1C(C)C.CCC(C)(CC)N1C(=O)OC[C@@H]1Cc1ccccc1.CCCC(C)(CC)N1C(=O)OC(C)(c2ccccc2)[C@@H]1C(C)C. The average molecular weight is 792 g/mol. The van der Waals surface area contributed by atoms with E-state index in [0.717, 1.165) is 56.9 Å². The largest absolute Gasteiger partial charge is 0.447 e. The molecule has 9 nitrogen and oxygen atoms in total. The predicted molar refractivity (Wildman–Crippen MR) is 231 cm³/mol. The van der Waals surface area contributed by atoms with Crippen LogP contribution >= 0.6 is 0 Å². The molecule has 0 aromatic heterocycles. The molecular weight excluding hydrogens is 715 g/mol. The lowest BCUT2D eigenvalue weighted by Crippen LogP contribution is -2.55. The molecule has 57 heavy (non-hydrogen) atoms. The molecule has 0 spiro atoms. The number of carbonyl (C=O) groups excluding carboxylic acids is 3. The molecule has 3 aliphatic rings. The highest BCUT2D eigenvalue weighted by Gasteiger charge is 2.57. The highest BCUT2D eigenvalue weighted by molar-refractivity contribution is 5.73. The van der Waals surface area contributed by atoms with Crippen molar-refractivity contribution in [1.82, 2.24) is 14.7 Å². The molecule has 0 radical (unpaired) electrons. The van der Waals surface area contributed by atoms with Crippen molar-refractivity contribution < 1.29 is 28.6 Å². The van der Waals surface area contributed by atoms with Crippen molar-refractivity contribution in [3.05, 3.63) is 71.8 Å². The number of cyclic esters (lactones) is 3. The van der Waals surface area contributed by atoms with Crippen LogP contribution in [0.2, 0.25) is 0 Å². The van der Waals surface area contributed by atoms with Crippen LogP contribution in [0.1, 0.15) is 153 Å². The fourth-order valence-electron chi connectivity index (χ4n) is 9.03. The Labute approximate surface area is 346 Å². The summed E-state index contributed by atoms with van der Waals surface area (Å²) in [5.74, 6) is 0.767. The number of amides is 3. The molecule has 3 heterocycles. The molecule has 2 aromatic carbocycles. The van der Waals surface area contributed by atoms with E-state index < -0.39 is 5.60 Å². The van der Waals surface area contributed by atoms with Gasteiger partial charge < -0.3 is 14.2 Å². The first-order valence-corrected chi connectivity index (χ1v) is 21.9. The maximum absolute atomic E-state index is 12.9. The third-order valence-electron chi connectivity index (χ3n) is 13.6. The fourth-order valence-corrected chi connectivity index (χ4v) is 9.03. The van der Waals surface area contributed by atoms with E-state index in [4.69, 9.17) is 14.2 Å². The summed E-state index contributed by atoms with van der Waals surface area (Å²) in [5.41, 5.74) is 1.41. The van der Waals surface area contributed by atoms with E-state index in [1.54, 1.807) is 0 Å². The molecule has 5 rings (SSSR count). The lowest BCUT2D eigenvalue weighted by atomic mass is 9.79. The van der Waals surface area contributed by atoms with Crippen LogP contribution in [0.25, 0.3) is 0 Å². The topological polar surface area (TPSA) is 88.6 Å². The van der Waals surface area contributed by atoms with Crippen molar-refractivity contribution in [2.45, 2.75) is 189 Å². The fraction of sp³-hybridized carbons (Fsp3) is 0.688. The van der Waals surface area contributed by atoms with Crippen molar-refractivity contribution in [2.75, 3.05) is 13.2 Å². The molecule has 3 fully saturated rings. The summed E-state index contributed by atoms with van der Waals surface area (Å²) < 4.78 is 16.5. The zero-order valence-corrected chi connectivity index (χ0v) is 38.0. The van der Waals surface area contributed by atoms with Gasteiger partial charge in [-0.2, -0.15) is 0 Å². The molecule has 0 aliphatic carbocycles. The standard InChI is InChI=1S/C20H31NO2.C16H23NO2.C12H23NO2/c1-7-14-19(5,8-2)21-17(15(3)4)20(6,23-18(21)22)16-12-10-9-11-13-16;1-4-16(3,5-2)17-14(12-19-15(17)18)11-13-9-7-6-8-10-13;1-6-12(5,7-2)13-10(9(3)4)8-15-11(13)14/h9-13,15,17H,7-8,14H2,1-6H3;6-10,14H,4-5,11-12H2,1-3H3;9-10H,6-8H2,1-5H3/t17-,19?,20?;14-;/m00./s1. The van der Waals surface area contributed by atoms with Crippen LogP contribution in [-0.4, -0.2) is 80.9 Å². The Morgan fingerprint density at radius 1 is 0.632 bits per heavy atom. The normalized spacial score (nSPS) is 23.4. The van der Waals surface area contributed by atoms with Gasteiger partial charge in [0.25, 0.3) is 0 Å². The first-order chi connectivity index (χ1) is 26.9. The van der Waals surface area contributed by atoms with E-state index in [0.29, 0.717) is 25.0 Å². The lowest BCUT2D eigenvalue weighted by Gasteiger charge is -2.44. The maximum atomic E-state index is 12.9. The van der Waals surface area contributed by atoms with E-state index in [-0.39, 0.29) is 53.0 Å². The van der Waals surface area contributed by atoms with Gasteiger partial charge in [0.1, 0.15) is 13.2 Å². The summed E-state index contributed by atoms with van der Waals surface area (Å²) in [6.45, 7) is 31.1. The number of rotatable bonds is 15. The first-order valence-electron chi connectivity index (χ1n) is 21.9. The van der Waals surface area contributed by atoms with Crippen LogP contribution in [0, 0.1) is 11.8 Å². The van der Waals surface area contributed by atoms with Crippen LogP contribution in [0.5, 0.6) is 0 Å². The van der Waals surface area contributed by atoms with Gasteiger partial charge in [-0.15, -0.1) is 0 Å². The van der Waals surface area contributed by atoms with Crippen molar-refractivity contribution in [1.29, 1.82) is 0 Å². The van der Waals surface area contributed by atoms with Crippen molar-refractivity contribution in [3.8, 4) is 0 Å². The summed E-state index contributed by atoms with van der Waals surface area (Å²) in [6, 6.07) is 20.9. The summed E-state index contributed by atoms with van der Waals surface area (Å²) in [4.78, 5) is 42.6. The zero-order chi connectivity index (χ0) is 42.8. The van der Waals surface area contributed by atoms with Crippen LogP contribution in [0.3, 0.4) is 0 Å². The number of ether oxygens (including phenoxy) is 3. The number of nitrogens with zero attached hydrogens (tertiary/aromatic N) is 3. The second-order valence-electron chi connectivity index (χ2n) is 18.0. The second kappa shape index (κ2) is 20.3. The van der Waals surface area contributed by atoms with Crippen molar-refractivity contribution in [3.63, 3.8) is 0 Å². The van der Waals surface area contributed by atoms with E-state index in [1.807, 2.05) is 51.1 Å². The van der Waals surface area contributed by atoms with Gasteiger partial charge in [0, 0.05) is 16.6 Å². The molecule has 3 amide bonds. The van der Waals surface area contributed by atoms with Crippen molar-refractivity contribution in [2.24, 2.45) is 11.8 Å². The Kier molecular flexibility index (Phi) is 16.9. The highest BCUT2D eigenvalue weighted by atomic mass is 16.6. The summed E-state index contributed by atoms with van der Waals surface area (Å²) in [6.07, 6.45) is 7.22. The van der Waals surface area contributed by atoms with Crippen LogP contribution in [0.4, 0.5) is 14.4 Å². The van der Waals surface area contributed by atoms with Crippen LogP contribution in [-0.2, 0) is 26.2 Å². The van der Waals surface area contributed by atoms with Crippen LogP contribution in [0.15, 0.2) is 60.7 Å². The molecule has 9 heteroatoms. The Hall–Kier alpha value is -3.75. The molecular formula is C48H77N3O6. The molecule has 3 saturated heterocycles. The Balaban J connectivity index is 0.000000234. The van der Waals surface area contributed by atoms with Gasteiger partial charge in [-0.25, -0.2) is 14.4 Å². The van der Waals surface area contributed by atoms with Crippen molar-refractivity contribution >= 4 is 18.3 Å². The summed E-state index contributed by atoms with van der Waals surface area (Å²) >= 11 is 0. The minimum Gasteiger partial charge on any atom is -0.447 e. The highest BCUT2D eigenvalue weighted by Crippen LogP contribution is 2.47. The van der Waals surface area contributed by atoms with E-state index in [9.17, 15) is 14.4 Å². The Bertz CT molecular complexity index is 1560. The van der Waals surface area contributed by atoms with E-state index in [1.165, 1.54) is 5.56 Å². The second-order valence-corrected chi connectivity index (χ2v) is 18.0. The van der Waals surface area contributed by atoms with Gasteiger partial charge >= 0.3 is 18.3 Å². The third-order valence-corrected chi connectivity index (χ3v) is 13.6. The third kappa shape index (κ3) is 10.5. The van der Waals surface area contributed by atoms with E-state index >= 15 is 0 Å². The molecule has 0 N–H and O–H groups in total. The van der Waals surface area contributed by atoms with Gasteiger partial charge in [-0.3, -0.25) is 14.7 Å². The van der Waals surface area contributed by atoms with Gasteiger partial charge in [0.05, 0.1) is 18.1 Å². The minimum absolute atomic E-state index is 0.0360. The molecule has 3 unspecified atom stereocenters. The lowest BCUT2D eigenvalue weighted by molar-refractivity contribution is 0.0220. The predicted octanol–water partition coefficient (Wildman–Crippen LogP) is 12.0.